The Labute approximate surface area is 123 Å². The van der Waals surface area contributed by atoms with E-state index in [1.165, 1.54) is 38.8 Å². The SMILES string of the molecule is CCCC1CCN(Cc2nc(C)cc(NCC)n2)CC1. The van der Waals surface area contributed by atoms with Gasteiger partial charge in [0.15, 0.2) is 0 Å². The van der Waals surface area contributed by atoms with Crippen LogP contribution in [0.1, 0.15) is 51.0 Å². The van der Waals surface area contributed by atoms with Crippen LogP contribution in [0.3, 0.4) is 0 Å². The Hall–Kier alpha value is -1.16. The monoisotopic (exact) mass is 276 g/mol. The maximum absolute atomic E-state index is 4.61. The summed E-state index contributed by atoms with van der Waals surface area (Å²) in [7, 11) is 0. The van der Waals surface area contributed by atoms with Crippen LogP contribution in [0.25, 0.3) is 0 Å². The molecule has 1 fully saturated rings. The van der Waals surface area contributed by atoms with Gasteiger partial charge in [-0.1, -0.05) is 19.8 Å². The summed E-state index contributed by atoms with van der Waals surface area (Å²) < 4.78 is 0. The average molecular weight is 276 g/mol. The topological polar surface area (TPSA) is 41.1 Å². The second-order valence-electron chi connectivity index (χ2n) is 5.85. The first kappa shape index (κ1) is 15.2. The molecule has 1 aromatic heterocycles. The van der Waals surface area contributed by atoms with Crippen molar-refractivity contribution in [3.05, 3.63) is 17.6 Å². The van der Waals surface area contributed by atoms with Crippen molar-refractivity contribution < 1.29 is 0 Å². The molecule has 1 aromatic rings. The molecule has 4 heteroatoms. The third-order valence-corrected chi connectivity index (χ3v) is 4.03. The van der Waals surface area contributed by atoms with Gasteiger partial charge in [0.25, 0.3) is 0 Å². The Morgan fingerprint density at radius 3 is 2.65 bits per heavy atom. The highest BCUT2D eigenvalue weighted by atomic mass is 15.2. The maximum Gasteiger partial charge on any atom is 0.144 e. The highest BCUT2D eigenvalue weighted by Gasteiger charge is 2.19. The second kappa shape index (κ2) is 7.58. The van der Waals surface area contributed by atoms with Gasteiger partial charge in [0.2, 0.25) is 0 Å². The molecule has 0 unspecified atom stereocenters. The van der Waals surface area contributed by atoms with Crippen LogP contribution in [-0.2, 0) is 6.54 Å². The van der Waals surface area contributed by atoms with E-state index in [1.54, 1.807) is 0 Å². The summed E-state index contributed by atoms with van der Waals surface area (Å²) in [6, 6.07) is 2.01. The van der Waals surface area contributed by atoms with Crippen LogP contribution in [0.2, 0.25) is 0 Å². The van der Waals surface area contributed by atoms with E-state index in [2.05, 4.69) is 34.0 Å². The predicted molar refractivity (Wildman–Crippen MR) is 83.8 cm³/mol. The third-order valence-electron chi connectivity index (χ3n) is 4.03. The lowest BCUT2D eigenvalue weighted by Crippen LogP contribution is -2.33. The lowest BCUT2D eigenvalue weighted by atomic mass is 9.92. The molecule has 0 aromatic carbocycles. The fourth-order valence-electron chi connectivity index (χ4n) is 3.01. The molecule has 4 nitrogen and oxygen atoms in total. The first-order valence-electron chi connectivity index (χ1n) is 8.02. The smallest absolute Gasteiger partial charge is 0.144 e. The van der Waals surface area contributed by atoms with Crippen LogP contribution >= 0.6 is 0 Å². The van der Waals surface area contributed by atoms with Gasteiger partial charge in [0, 0.05) is 18.3 Å². The minimum Gasteiger partial charge on any atom is -0.370 e. The minimum absolute atomic E-state index is 0.888. The Balaban J connectivity index is 1.90. The van der Waals surface area contributed by atoms with Crippen molar-refractivity contribution >= 4 is 5.82 Å². The van der Waals surface area contributed by atoms with Gasteiger partial charge in [0.05, 0.1) is 6.54 Å². The minimum atomic E-state index is 0.888. The lowest BCUT2D eigenvalue weighted by molar-refractivity contribution is 0.168. The van der Waals surface area contributed by atoms with Crippen molar-refractivity contribution in [2.75, 3.05) is 25.0 Å². The lowest BCUT2D eigenvalue weighted by Gasteiger charge is -2.31. The van der Waals surface area contributed by atoms with Crippen molar-refractivity contribution in [3.8, 4) is 0 Å². The molecule has 0 saturated carbocycles. The number of piperidine rings is 1. The zero-order valence-corrected chi connectivity index (χ0v) is 13.2. The van der Waals surface area contributed by atoms with Crippen molar-refractivity contribution in [1.29, 1.82) is 0 Å². The van der Waals surface area contributed by atoms with Gasteiger partial charge in [-0.2, -0.15) is 0 Å². The van der Waals surface area contributed by atoms with E-state index in [0.29, 0.717) is 0 Å². The molecule has 112 valence electrons. The molecular formula is C16H28N4. The van der Waals surface area contributed by atoms with Gasteiger partial charge in [-0.3, -0.25) is 4.90 Å². The highest BCUT2D eigenvalue weighted by Crippen LogP contribution is 2.22. The van der Waals surface area contributed by atoms with E-state index in [9.17, 15) is 0 Å². The highest BCUT2D eigenvalue weighted by molar-refractivity contribution is 5.35. The number of rotatable bonds is 6. The molecular weight excluding hydrogens is 248 g/mol. The fourth-order valence-corrected chi connectivity index (χ4v) is 3.01. The van der Waals surface area contributed by atoms with E-state index in [0.717, 1.165) is 36.3 Å². The summed E-state index contributed by atoms with van der Waals surface area (Å²) in [5.74, 6) is 2.85. The molecule has 0 radical (unpaired) electrons. The molecule has 1 N–H and O–H groups in total. The number of anilines is 1. The first-order valence-corrected chi connectivity index (χ1v) is 8.02. The summed E-state index contributed by atoms with van der Waals surface area (Å²) in [6.45, 7) is 10.6. The maximum atomic E-state index is 4.61. The molecule has 0 bridgehead atoms. The summed E-state index contributed by atoms with van der Waals surface area (Å²) in [6.07, 6.45) is 5.37. The van der Waals surface area contributed by atoms with Gasteiger partial charge in [-0.15, -0.1) is 0 Å². The van der Waals surface area contributed by atoms with Crippen LogP contribution in [-0.4, -0.2) is 34.5 Å². The van der Waals surface area contributed by atoms with Crippen molar-refractivity contribution in [2.45, 2.75) is 53.0 Å². The average Bonchev–Trinajstić information content (AvgIpc) is 2.41. The van der Waals surface area contributed by atoms with Crippen molar-refractivity contribution in [1.82, 2.24) is 14.9 Å². The van der Waals surface area contributed by atoms with Gasteiger partial charge >= 0.3 is 0 Å². The zero-order chi connectivity index (χ0) is 14.4. The Bertz CT molecular complexity index is 411. The summed E-state index contributed by atoms with van der Waals surface area (Å²) in [4.78, 5) is 11.7. The Morgan fingerprint density at radius 1 is 1.25 bits per heavy atom. The van der Waals surface area contributed by atoms with E-state index in [1.807, 2.05) is 13.0 Å². The molecule has 1 aliphatic rings. The number of nitrogens with zero attached hydrogens (tertiary/aromatic N) is 3. The van der Waals surface area contributed by atoms with Crippen LogP contribution in [0.5, 0.6) is 0 Å². The van der Waals surface area contributed by atoms with Gasteiger partial charge in [-0.05, 0) is 45.7 Å². The van der Waals surface area contributed by atoms with E-state index in [-0.39, 0.29) is 0 Å². The fraction of sp³-hybridized carbons (Fsp3) is 0.750. The van der Waals surface area contributed by atoms with E-state index < -0.39 is 0 Å². The number of nitrogens with one attached hydrogen (secondary N) is 1. The van der Waals surface area contributed by atoms with Crippen LogP contribution in [0.4, 0.5) is 5.82 Å². The van der Waals surface area contributed by atoms with Crippen LogP contribution < -0.4 is 5.32 Å². The predicted octanol–water partition coefficient (Wildman–Crippen LogP) is 3.23. The number of hydrogen-bond acceptors (Lipinski definition) is 4. The molecule has 0 spiro atoms. The van der Waals surface area contributed by atoms with Gasteiger partial charge in [-0.25, -0.2) is 9.97 Å². The zero-order valence-electron chi connectivity index (χ0n) is 13.2. The molecule has 2 rings (SSSR count). The van der Waals surface area contributed by atoms with Gasteiger partial charge < -0.3 is 5.32 Å². The van der Waals surface area contributed by atoms with E-state index >= 15 is 0 Å². The molecule has 0 atom stereocenters. The summed E-state index contributed by atoms with van der Waals surface area (Å²) in [5, 5.41) is 3.28. The molecule has 20 heavy (non-hydrogen) atoms. The molecule has 2 heterocycles. The normalized spacial score (nSPS) is 17.4. The van der Waals surface area contributed by atoms with Crippen molar-refractivity contribution in [3.63, 3.8) is 0 Å². The standard InChI is InChI=1S/C16H28N4/c1-4-6-14-7-9-20(10-8-14)12-16-18-13(3)11-15(19-16)17-5-2/h11,14H,4-10,12H2,1-3H3,(H,17,18,19). The quantitative estimate of drug-likeness (QED) is 0.866. The van der Waals surface area contributed by atoms with Gasteiger partial charge in [0.1, 0.15) is 11.6 Å². The summed E-state index contributed by atoms with van der Waals surface area (Å²) in [5.41, 5.74) is 1.05. The number of likely N-dealkylation sites (tertiary alicyclic amines) is 1. The molecule has 0 amide bonds. The molecule has 0 aliphatic carbocycles. The number of hydrogen-bond donors (Lipinski definition) is 1. The van der Waals surface area contributed by atoms with Crippen LogP contribution in [0.15, 0.2) is 6.07 Å². The van der Waals surface area contributed by atoms with Crippen molar-refractivity contribution in [2.24, 2.45) is 5.92 Å². The van der Waals surface area contributed by atoms with E-state index in [4.69, 9.17) is 0 Å². The summed E-state index contributed by atoms with van der Waals surface area (Å²) >= 11 is 0. The first-order chi connectivity index (χ1) is 9.71. The largest absolute Gasteiger partial charge is 0.370 e. The van der Waals surface area contributed by atoms with Crippen LogP contribution in [0, 0.1) is 12.8 Å². The Kier molecular flexibility index (Phi) is 5.77. The Morgan fingerprint density at radius 2 is 2.00 bits per heavy atom. The number of aromatic nitrogens is 2. The third kappa shape index (κ3) is 4.44. The number of aryl methyl sites for hydroxylation is 1. The second-order valence-corrected chi connectivity index (χ2v) is 5.85. The molecule has 1 aliphatic heterocycles. The molecule has 1 saturated heterocycles.